The van der Waals surface area contributed by atoms with E-state index in [9.17, 15) is 4.79 Å². The van der Waals surface area contributed by atoms with Crippen LogP contribution in [0.1, 0.15) is 47.8 Å². The highest BCUT2D eigenvalue weighted by atomic mass is 16.1. The maximum Gasteiger partial charge on any atom is 0.271 e. The van der Waals surface area contributed by atoms with Gasteiger partial charge in [-0.3, -0.25) is 14.1 Å². The highest BCUT2D eigenvalue weighted by Crippen LogP contribution is 2.23. The number of hydrogen-bond donors (Lipinski definition) is 1. The number of hydrogen-bond acceptors (Lipinski definition) is 4. The van der Waals surface area contributed by atoms with E-state index in [4.69, 9.17) is 0 Å². The van der Waals surface area contributed by atoms with Crippen molar-refractivity contribution in [2.24, 2.45) is 0 Å². The van der Waals surface area contributed by atoms with Crippen LogP contribution in [-0.4, -0.2) is 44.8 Å². The quantitative estimate of drug-likeness (QED) is 0.757. The maximum absolute atomic E-state index is 12.7. The zero-order valence-electron chi connectivity index (χ0n) is 15.4. The monoisotopic (exact) mass is 363 g/mol. The van der Waals surface area contributed by atoms with E-state index in [0.29, 0.717) is 18.0 Å². The second-order valence-corrected chi connectivity index (χ2v) is 7.04. The third-order valence-electron chi connectivity index (χ3n) is 5.19. The van der Waals surface area contributed by atoms with Gasteiger partial charge in [-0.25, -0.2) is 9.97 Å². The van der Waals surface area contributed by atoms with Crippen LogP contribution in [0.5, 0.6) is 0 Å². The van der Waals surface area contributed by atoms with Crippen molar-refractivity contribution in [1.82, 2.24) is 24.6 Å². The molecule has 1 amide bonds. The Labute approximate surface area is 159 Å². The molecule has 2 aromatic heterocycles. The van der Waals surface area contributed by atoms with Gasteiger partial charge in [0.1, 0.15) is 5.69 Å². The number of rotatable bonds is 5. The zero-order chi connectivity index (χ0) is 18.5. The average Bonchev–Trinajstić information content (AvgIpc) is 2.97. The number of aromatic nitrogens is 3. The molecule has 1 saturated heterocycles. The fourth-order valence-corrected chi connectivity index (χ4v) is 3.76. The van der Waals surface area contributed by atoms with Crippen molar-refractivity contribution < 1.29 is 4.79 Å². The Morgan fingerprint density at radius 1 is 1.07 bits per heavy atom. The average molecular weight is 363 g/mol. The Morgan fingerprint density at radius 3 is 2.59 bits per heavy atom. The number of nitrogens with one attached hydrogen (secondary N) is 1. The number of amides is 1. The molecule has 0 unspecified atom stereocenters. The van der Waals surface area contributed by atoms with Crippen LogP contribution in [-0.2, 0) is 0 Å². The van der Waals surface area contributed by atoms with Crippen LogP contribution in [0.15, 0.2) is 55.0 Å². The molecule has 0 aliphatic carbocycles. The Morgan fingerprint density at radius 2 is 1.85 bits per heavy atom. The molecule has 1 aliphatic heterocycles. The Kier molecular flexibility index (Phi) is 5.44. The van der Waals surface area contributed by atoms with Gasteiger partial charge < -0.3 is 5.32 Å². The molecule has 6 nitrogen and oxygen atoms in total. The van der Waals surface area contributed by atoms with Gasteiger partial charge >= 0.3 is 0 Å². The van der Waals surface area contributed by atoms with Gasteiger partial charge in [0.15, 0.2) is 0 Å². The second kappa shape index (κ2) is 8.31. The number of benzene rings is 1. The SMILES string of the molecule is O=C(NC[C@H](c1ccccc1)N1CCCCCC1)c1cn2cccnc2n1. The number of likely N-dealkylation sites (tertiary alicyclic amines) is 1. The highest BCUT2D eigenvalue weighted by molar-refractivity contribution is 5.92. The summed E-state index contributed by atoms with van der Waals surface area (Å²) >= 11 is 0. The van der Waals surface area contributed by atoms with Gasteiger partial charge in [-0.2, -0.15) is 0 Å². The minimum Gasteiger partial charge on any atom is -0.349 e. The van der Waals surface area contributed by atoms with Crippen molar-refractivity contribution >= 4 is 11.7 Å². The van der Waals surface area contributed by atoms with Crippen molar-refractivity contribution in [1.29, 1.82) is 0 Å². The first kappa shape index (κ1) is 17.7. The topological polar surface area (TPSA) is 62.5 Å². The minimum absolute atomic E-state index is 0.156. The Bertz CT molecular complexity index is 851. The van der Waals surface area contributed by atoms with E-state index in [-0.39, 0.29) is 11.9 Å². The molecule has 1 aliphatic rings. The fourth-order valence-electron chi connectivity index (χ4n) is 3.76. The molecule has 27 heavy (non-hydrogen) atoms. The molecule has 1 N–H and O–H groups in total. The molecule has 1 atom stereocenters. The molecule has 0 bridgehead atoms. The Balaban J connectivity index is 1.49. The number of fused-ring (bicyclic) bond motifs is 1. The van der Waals surface area contributed by atoms with Crippen LogP contribution >= 0.6 is 0 Å². The maximum atomic E-state index is 12.7. The summed E-state index contributed by atoms with van der Waals surface area (Å²) in [6.45, 7) is 2.73. The van der Waals surface area contributed by atoms with E-state index in [1.54, 1.807) is 16.8 Å². The molecular formula is C21H25N5O. The summed E-state index contributed by atoms with van der Waals surface area (Å²) in [4.78, 5) is 23.7. The summed E-state index contributed by atoms with van der Waals surface area (Å²) in [5.41, 5.74) is 1.65. The number of carbonyl (C=O) groups is 1. The van der Waals surface area contributed by atoms with Crippen molar-refractivity contribution in [3.8, 4) is 0 Å². The van der Waals surface area contributed by atoms with Crippen LogP contribution in [0.3, 0.4) is 0 Å². The Hall–Kier alpha value is -2.73. The van der Waals surface area contributed by atoms with E-state index >= 15 is 0 Å². The van der Waals surface area contributed by atoms with Gasteiger partial charge in [0.25, 0.3) is 5.91 Å². The van der Waals surface area contributed by atoms with Crippen LogP contribution in [0.2, 0.25) is 0 Å². The first-order chi connectivity index (χ1) is 13.3. The summed E-state index contributed by atoms with van der Waals surface area (Å²) in [6, 6.07) is 12.5. The van der Waals surface area contributed by atoms with Crippen molar-refractivity contribution in [2.45, 2.75) is 31.7 Å². The number of carbonyl (C=O) groups excluding carboxylic acids is 1. The predicted molar refractivity (Wildman–Crippen MR) is 105 cm³/mol. The second-order valence-electron chi connectivity index (χ2n) is 7.04. The van der Waals surface area contributed by atoms with Crippen LogP contribution in [0, 0.1) is 0 Å². The van der Waals surface area contributed by atoms with Gasteiger partial charge in [-0.1, -0.05) is 43.2 Å². The third kappa shape index (κ3) is 4.17. The molecule has 0 radical (unpaired) electrons. The summed E-state index contributed by atoms with van der Waals surface area (Å²) < 4.78 is 1.76. The predicted octanol–water partition coefficient (Wildman–Crippen LogP) is 3.08. The lowest BCUT2D eigenvalue weighted by atomic mass is 10.0. The highest BCUT2D eigenvalue weighted by Gasteiger charge is 2.22. The molecule has 3 aromatic rings. The standard InChI is InChI=1S/C21H25N5O/c27-20(18-16-26-14-8-11-22-21(26)24-18)23-15-19(17-9-4-3-5-10-17)25-12-6-1-2-7-13-25/h3-5,8-11,14,16,19H,1-2,6-7,12-13,15H2,(H,23,27)/t19-/m1/s1. The van der Waals surface area contributed by atoms with Gasteiger partial charge in [0, 0.05) is 25.1 Å². The molecule has 1 aromatic carbocycles. The summed E-state index contributed by atoms with van der Waals surface area (Å²) in [7, 11) is 0. The zero-order valence-corrected chi connectivity index (χ0v) is 15.4. The lowest BCUT2D eigenvalue weighted by molar-refractivity contribution is 0.0929. The van der Waals surface area contributed by atoms with E-state index in [0.717, 1.165) is 13.1 Å². The number of imidazole rings is 1. The largest absolute Gasteiger partial charge is 0.349 e. The number of nitrogens with zero attached hydrogens (tertiary/aromatic N) is 4. The molecule has 0 saturated carbocycles. The van der Waals surface area contributed by atoms with Gasteiger partial charge in [-0.15, -0.1) is 0 Å². The van der Waals surface area contributed by atoms with Crippen LogP contribution in [0.25, 0.3) is 5.78 Å². The van der Waals surface area contributed by atoms with E-state index < -0.39 is 0 Å². The molecular weight excluding hydrogens is 338 g/mol. The smallest absolute Gasteiger partial charge is 0.271 e. The molecule has 4 rings (SSSR count). The van der Waals surface area contributed by atoms with E-state index in [1.165, 1.54) is 31.2 Å². The first-order valence-electron chi connectivity index (χ1n) is 9.68. The lowest BCUT2D eigenvalue weighted by Gasteiger charge is -2.31. The third-order valence-corrected chi connectivity index (χ3v) is 5.19. The summed E-state index contributed by atoms with van der Waals surface area (Å²) in [6.07, 6.45) is 10.3. The molecule has 3 heterocycles. The van der Waals surface area contributed by atoms with Gasteiger partial charge in [0.2, 0.25) is 5.78 Å². The molecule has 0 spiro atoms. The molecule has 140 valence electrons. The molecule has 6 heteroatoms. The van der Waals surface area contributed by atoms with Crippen molar-refractivity contribution in [2.75, 3.05) is 19.6 Å². The summed E-state index contributed by atoms with van der Waals surface area (Å²) in [5, 5.41) is 3.09. The molecule has 1 fully saturated rings. The van der Waals surface area contributed by atoms with Crippen LogP contribution < -0.4 is 5.32 Å². The van der Waals surface area contributed by atoms with Crippen LogP contribution in [0.4, 0.5) is 0 Å². The first-order valence-corrected chi connectivity index (χ1v) is 9.68. The van der Waals surface area contributed by atoms with E-state index in [1.807, 2.05) is 18.3 Å². The normalized spacial score (nSPS) is 16.7. The van der Waals surface area contributed by atoms with Crippen molar-refractivity contribution in [3.63, 3.8) is 0 Å². The minimum atomic E-state index is -0.156. The van der Waals surface area contributed by atoms with Gasteiger partial charge in [-0.05, 0) is 37.6 Å². The fraction of sp³-hybridized carbons (Fsp3) is 0.381. The van der Waals surface area contributed by atoms with Gasteiger partial charge in [0.05, 0.1) is 6.04 Å². The lowest BCUT2D eigenvalue weighted by Crippen LogP contribution is -2.38. The summed E-state index contributed by atoms with van der Waals surface area (Å²) in [5.74, 6) is 0.381. The van der Waals surface area contributed by atoms with Crippen molar-refractivity contribution in [3.05, 3.63) is 66.2 Å². The van der Waals surface area contributed by atoms with E-state index in [2.05, 4.69) is 44.5 Å².